The summed E-state index contributed by atoms with van der Waals surface area (Å²) in [5.41, 5.74) is 3.34. The minimum Gasteiger partial charge on any atom is -0.338 e. The molecule has 28 heavy (non-hydrogen) atoms. The minimum absolute atomic E-state index is 0.138. The molecule has 0 spiro atoms. The van der Waals surface area contributed by atoms with Gasteiger partial charge in [0.25, 0.3) is 0 Å². The van der Waals surface area contributed by atoms with E-state index in [2.05, 4.69) is 22.0 Å². The number of carbonyl (C=O) groups is 2. The number of amides is 4. The molecular formula is C21H23N5O2. The van der Waals surface area contributed by atoms with Crippen molar-refractivity contribution in [3.05, 3.63) is 59.7 Å². The molecule has 7 heteroatoms. The summed E-state index contributed by atoms with van der Waals surface area (Å²) in [7, 11) is 0. The molecule has 3 N–H and O–H groups in total. The SMILES string of the molecule is CCNC(=O)N1CCc2ccc(NC(=O)N[C@@H](CC#N)c3ccccc3)cc21. The summed E-state index contributed by atoms with van der Waals surface area (Å²) in [6.45, 7) is 3.06. The Labute approximate surface area is 164 Å². The molecule has 1 heterocycles. The average Bonchev–Trinajstić information content (AvgIpc) is 3.12. The lowest BCUT2D eigenvalue weighted by molar-refractivity contribution is 0.247. The fourth-order valence-corrected chi connectivity index (χ4v) is 3.27. The highest BCUT2D eigenvalue weighted by Gasteiger charge is 2.24. The number of rotatable bonds is 5. The van der Waals surface area contributed by atoms with Gasteiger partial charge in [0.05, 0.1) is 24.2 Å². The summed E-state index contributed by atoms with van der Waals surface area (Å²) in [4.78, 5) is 26.3. The maximum absolute atomic E-state index is 12.5. The molecule has 0 saturated heterocycles. The summed E-state index contributed by atoms with van der Waals surface area (Å²) < 4.78 is 0. The monoisotopic (exact) mass is 377 g/mol. The Bertz CT molecular complexity index is 891. The summed E-state index contributed by atoms with van der Waals surface area (Å²) in [5, 5.41) is 17.5. The predicted molar refractivity (Wildman–Crippen MR) is 108 cm³/mol. The number of carbonyl (C=O) groups excluding carboxylic acids is 2. The number of hydrogen-bond donors (Lipinski definition) is 3. The first-order valence-electron chi connectivity index (χ1n) is 9.30. The van der Waals surface area contributed by atoms with Crippen LogP contribution in [0.25, 0.3) is 0 Å². The van der Waals surface area contributed by atoms with E-state index in [1.807, 2.05) is 49.4 Å². The molecule has 1 atom stereocenters. The zero-order valence-corrected chi connectivity index (χ0v) is 15.7. The van der Waals surface area contributed by atoms with Crippen LogP contribution in [0, 0.1) is 11.3 Å². The molecule has 4 amide bonds. The third kappa shape index (κ3) is 4.41. The number of nitrogens with zero attached hydrogens (tertiary/aromatic N) is 2. The first kappa shape index (κ1) is 19.2. The summed E-state index contributed by atoms with van der Waals surface area (Å²) in [6, 6.07) is 16.1. The molecule has 0 aromatic heterocycles. The van der Waals surface area contributed by atoms with Gasteiger partial charge in [0, 0.05) is 18.8 Å². The van der Waals surface area contributed by atoms with Crippen molar-refractivity contribution >= 4 is 23.4 Å². The topological polar surface area (TPSA) is 97.3 Å². The van der Waals surface area contributed by atoms with E-state index in [1.54, 1.807) is 11.0 Å². The van der Waals surface area contributed by atoms with E-state index in [-0.39, 0.29) is 12.5 Å². The molecular weight excluding hydrogens is 354 g/mol. The van der Waals surface area contributed by atoms with Gasteiger partial charge in [-0.15, -0.1) is 0 Å². The Kier molecular flexibility index (Phi) is 6.12. The number of fused-ring (bicyclic) bond motifs is 1. The van der Waals surface area contributed by atoms with E-state index in [0.717, 1.165) is 23.2 Å². The van der Waals surface area contributed by atoms with E-state index in [1.165, 1.54) is 0 Å². The van der Waals surface area contributed by atoms with Crippen molar-refractivity contribution in [2.24, 2.45) is 0 Å². The standard InChI is InChI=1S/C21H23N5O2/c1-2-23-21(28)26-13-11-16-8-9-17(14-19(16)26)24-20(27)25-18(10-12-22)15-6-4-3-5-7-15/h3-9,14,18H,2,10-11,13H2,1H3,(H,23,28)(H2,24,25,27)/t18-/m0/s1. The molecule has 0 unspecified atom stereocenters. The second-order valence-electron chi connectivity index (χ2n) is 6.50. The highest BCUT2D eigenvalue weighted by molar-refractivity contribution is 5.96. The van der Waals surface area contributed by atoms with Gasteiger partial charge in [0.15, 0.2) is 0 Å². The maximum Gasteiger partial charge on any atom is 0.321 e. The predicted octanol–water partition coefficient (Wildman–Crippen LogP) is 3.56. The van der Waals surface area contributed by atoms with Crippen LogP contribution in [0.15, 0.2) is 48.5 Å². The largest absolute Gasteiger partial charge is 0.338 e. The van der Waals surface area contributed by atoms with Crippen LogP contribution in [0.5, 0.6) is 0 Å². The molecule has 0 fully saturated rings. The number of hydrogen-bond acceptors (Lipinski definition) is 3. The fraction of sp³-hybridized carbons (Fsp3) is 0.286. The van der Waals surface area contributed by atoms with Crippen molar-refractivity contribution in [3.63, 3.8) is 0 Å². The van der Waals surface area contributed by atoms with E-state index in [4.69, 9.17) is 5.26 Å². The molecule has 7 nitrogen and oxygen atoms in total. The summed E-state index contributed by atoms with van der Waals surface area (Å²) in [5.74, 6) is 0. The third-order valence-electron chi connectivity index (χ3n) is 4.61. The van der Waals surface area contributed by atoms with Crippen molar-refractivity contribution in [2.75, 3.05) is 23.3 Å². The minimum atomic E-state index is -0.397. The van der Waals surface area contributed by atoms with Gasteiger partial charge in [-0.25, -0.2) is 9.59 Å². The molecule has 0 bridgehead atoms. The van der Waals surface area contributed by atoms with E-state index >= 15 is 0 Å². The van der Waals surface area contributed by atoms with Gasteiger partial charge < -0.3 is 16.0 Å². The van der Waals surface area contributed by atoms with Crippen molar-refractivity contribution in [1.29, 1.82) is 5.26 Å². The van der Waals surface area contributed by atoms with Crippen molar-refractivity contribution < 1.29 is 9.59 Å². The lowest BCUT2D eigenvalue weighted by Gasteiger charge is -2.19. The lowest BCUT2D eigenvalue weighted by Crippen LogP contribution is -2.38. The van der Waals surface area contributed by atoms with Gasteiger partial charge in [-0.05, 0) is 36.6 Å². The summed E-state index contributed by atoms with van der Waals surface area (Å²) >= 11 is 0. The van der Waals surface area contributed by atoms with Gasteiger partial charge in [0.1, 0.15) is 0 Å². The zero-order chi connectivity index (χ0) is 19.9. The third-order valence-corrected chi connectivity index (χ3v) is 4.61. The number of urea groups is 2. The van der Waals surface area contributed by atoms with Gasteiger partial charge in [-0.2, -0.15) is 5.26 Å². The van der Waals surface area contributed by atoms with Gasteiger partial charge in [-0.1, -0.05) is 36.4 Å². The van der Waals surface area contributed by atoms with Crippen LogP contribution in [-0.4, -0.2) is 25.2 Å². The smallest absolute Gasteiger partial charge is 0.321 e. The Balaban J connectivity index is 1.70. The van der Waals surface area contributed by atoms with Crippen molar-refractivity contribution in [3.8, 4) is 6.07 Å². The Morgan fingerprint density at radius 3 is 2.71 bits per heavy atom. The lowest BCUT2D eigenvalue weighted by atomic mass is 10.0. The average molecular weight is 377 g/mol. The van der Waals surface area contributed by atoms with Crippen LogP contribution < -0.4 is 20.9 Å². The van der Waals surface area contributed by atoms with Gasteiger partial charge in [0.2, 0.25) is 0 Å². The fourth-order valence-electron chi connectivity index (χ4n) is 3.27. The van der Waals surface area contributed by atoms with E-state index in [9.17, 15) is 9.59 Å². The van der Waals surface area contributed by atoms with Crippen LogP contribution in [0.2, 0.25) is 0 Å². The second kappa shape index (κ2) is 8.91. The van der Waals surface area contributed by atoms with Crippen LogP contribution in [0.3, 0.4) is 0 Å². The van der Waals surface area contributed by atoms with Crippen LogP contribution in [-0.2, 0) is 6.42 Å². The first-order valence-corrected chi connectivity index (χ1v) is 9.30. The zero-order valence-electron chi connectivity index (χ0n) is 15.7. The Hall–Kier alpha value is -3.53. The Morgan fingerprint density at radius 2 is 2.00 bits per heavy atom. The summed E-state index contributed by atoms with van der Waals surface area (Å²) in [6.07, 6.45) is 0.962. The van der Waals surface area contributed by atoms with Crippen molar-refractivity contribution in [2.45, 2.75) is 25.8 Å². The first-order chi connectivity index (χ1) is 13.6. The van der Waals surface area contributed by atoms with Crippen LogP contribution in [0.1, 0.15) is 30.5 Å². The van der Waals surface area contributed by atoms with E-state index in [0.29, 0.717) is 18.8 Å². The molecule has 2 aromatic rings. The Morgan fingerprint density at radius 1 is 1.21 bits per heavy atom. The molecule has 1 aliphatic rings. The number of nitriles is 1. The van der Waals surface area contributed by atoms with Gasteiger partial charge >= 0.3 is 12.1 Å². The second-order valence-corrected chi connectivity index (χ2v) is 6.50. The van der Waals surface area contributed by atoms with Crippen LogP contribution in [0.4, 0.5) is 21.0 Å². The number of anilines is 2. The number of benzene rings is 2. The molecule has 1 aliphatic heterocycles. The molecule has 144 valence electrons. The highest BCUT2D eigenvalue weighted by Crippen LogP contribution is 2.31. The molecule has 0 saturated carbocycles. The molecule has 3 rings (SSSR count). The molecule has 0 radical (unpaired) electrons. The maximum atomic E-state index is 12.5. The normalized spacial score (nSPS) is 13.2. The highest BCUT2D eigenvalue weighted by atomic mass is 16.2. The molecule has 2 aromatic carbocycles. The van der Waals surface area contributed by atoms with E-state index < -0.39 is 12.1 Å². The van der Waals surface area contributed by atoms with Crippen LogP contribution >= 0.6 is 0 Å². The quantitative estimate of drug-likeness (QED) is 0.743. The molecule has 0 aliphatic carbocycles. The number of nitrogens with one attached hydrogen (secondary N) is 3. The van der Waals surface area contributed by atoms with Crippen molar-refractivity contribution in [1.82, 2.24) is 10.6 Å². The van der Waals surface area contributed by atoms with Gasteiger partial charge in [-0.3, -0.25) is 4.90 Å².